The molecular formula is C22H20Br2O3. The molecular weight excluding hydrogens is 472 g/mol. The van der Waals surface area contributed by atoms with Gasteiger partial charge in [0.05, 0.1) is 7.11 Å². The lowest BCUT2D eigenvalue weighted by Gasteiger charge is -2.13. The Labute approximate surface area is 176 Å². The van der Waals surface area contributed by atoms with Gasteiger partial charge in [-0.1, -0.05) is 62.2 Å². The molecule has 0 N–H and O–H groups in total. The first-order chi connectivity index (χ1) is 13.2. The molecule has 0 saturated heterocycles. The van der Waals surface area contributed by atoms with Crippen molar-refractivity contribution in [1.82, 2.24) is 0 Å². The van der Waals surface area contributed by atoms with E-state index in [9.17, 15) is 0 Å². The van der Waals surface area contributed by atoms with Crippen LogP contribution in [0.1, 0.15) is 16.7 Å². The number of rotatable bonds is 8. The molecule has 0 aliphatic heterocycles. The molecule has 0 aromatic heterocycles. The highest BCUT2D eigenvalue weighted by Crippen LogP contribution is 2.27. The monoisotopic (exact) mass is 490 g/mol. The summed E-state index contributed by atoms with van der Waals surface area (Å²) in [5, 5.41) is 0.730. The van der Waals surface area contributed by atoms with Gasteiger partial charge in [0.2, 0.25) is 0 Å². The predicted molar refractivity (Wildman–Crippen MR) is 115 cm³/mol. The number of benzene rings is 3. The number of hydrogen-bond donors (Lipinski definition) is 0. The van der Waals surface area contributed by atoms with Crippen molar-refractivity contribution in [3.8, 4) is 17.2 Å². The van der Waals surface area contributed by atoms with Crippen LogP contribution in [0.4, 0.5) is 0 Å². The standard InChI is InChI=1S/C22H20Br2O3/c1-25-22-5-3-2-4-18(22)15-27-21-11-17(13-23)10-20(12-21)26-14-16-6-8-19(24)9-7-16/h2-12H,13-15H2,1H3. The van der Waals surface area contributed by atoms with Gasteiger partial charge in [0.1, 0.15) is 30.5 Å². The zero-order chi connectivity index (χ0) is 19.1. The summed E-state index contributed by atoms with van der Waals surface area (Å²) >= 11 is 6.96. The molecule has 3 aromatic carbocycles. The van der Waals surface area contributed by atoms with E-state index in [1.807, 2.05) is 66.7 Å². The fourth-order valence-corrected chi connectivity index (χ4v) is 3.19. The lowest BCUT2D eigenvalue weighted by Crippen LogP contribution is -2.00. The molecule has 0 amide bonds. The summed E-state index contributed by atoms with van der Waals surface area (Å²) in [6, 6.07) is 21.9. The second-order valence-corrected chi connectivity index (χ2v) is 7.44. The smallest absolute Gasteiger partial charge is 0.125 e. The summed E-state index contributed by atoms with van der Waals surface area (Å²) < 4.78 is 18.4. The van der Waals surface area contributed by atoms with Crippen LogP contribution in [-0.4, -0.2) is 7.11 Å². The summed E-state index contributed by atoms with van der Waals surface area (Å²) in [7, 11) is 1.67. The van der Waals surface area contributed by atoms with E-state index in [0.717, 1.165) is 43.7 Å². The highest BCUT2D eigenvalue weighted by atomic mass is 79.9. The van der Waals surface area contributed by atoms with Crippen LogP contribution < -0.4 is 14.2 Å². The zero-order valence-corrected chi connectivity index (χ0v) is 18.1. The molecule has 140 valence electrons. The fourth-order valence-electron chi connectivity index (χ4n) is 2.61. The average Bonchev–Trinajstić information content (AvgIpc) is 2.72. The molecule has 5 heteroatoms. The van der Waals surface area contributed by atoms with Crippen molar-refractivity contribution < 1.29 is 14.2 Å². The Kier molecular flexibility index (Phi) is 7.18. The topological polar surface area (TPSA) is 27.7 Å². The fraction of sp³-hybridized carbons (Fsp3) is 0.182. The highest BCUT2D eigenvalue weighted by Gasteiger charge is 2.06. The van der Waals surface area contributed by atoms with Crippen molar-refractivity contribution in [2.45, 2.75) is 18.5 Å². The lowest BCUT2D eigenvalue weighted by molar-refractivity contribution is 0.285. The number of hydrogen-bond acceptors (Lipinski definition) is 3. The molecule has 0 bridgehead atoms. The lowest BCUT2D eigenvalue weighted by atomic mass is 10.2. The maximum atomic E-state index is 6.00. The second-order valence-electron chi connectivity index (χ2n) is 5.96. The minimum Gasteiger partial charge on any atom is -0.496 e. The van der Waals surface area contributed by atoms with Gasteiger partial charge in [-0.05, 0) is 41.5 Å². The Morgan fingerprint density at radius 3 is 2.11 bits per heavy atom. The number of alkyl halides is 1. The minimum atomic E-state index is 0.432. The van der Waals surface area contributed by atoms with Gasteiger partial charge >= 0.3 is 0 Å². The Hall–Kier alpha value is -1.98. The van der Waals surface area contributed by atoms with E-state index in [0.29, 0.717) is 13.2 Å². The minimum absolute atomic E-state index is 0.432. The third-order valence-corrected chi connectivity index (χ3v) is 5.18. The molecule has 0 unspecified atom stereocenters. The number of halogens is 2. The van der Waals surface area contributed by atoms with Gasteiger partial charge in [0.15, 0.2) is 0 Å². The summed E-state index contributed by atoms with van der Waals surface area (Å²) in [6.45, 7) is 0.937. The van der Waals surface area contributed by atoms with Gasteiger partial charge in [-0.2, -0.15) is 0 Å². The van der Waals surface area contributed by atoms with Gasteiger partial charge < -0.3 is 14.2 Å². The van der Waals surface area contributed by atoms with E-state index in [2.05, 4.69) is 31.9 Å². The molecule has 3 nitrogen and oxygen atoms in total. The first kappa shape index (κ1) is 19.8. The Bertz CT molecular complexity index is 879. The third kappa shape index (κ3) is 5.75. The van der Waals surface area contributed by atoms with Gasteiger partial charge in [0, 0.05) is 21.4 Å². The van der Waals surface area contributed by atoms with E-state index in [4.69, 9.17) is 14.2 Å². The molecule has 0 fully saturated rings. The first-order valence-corrected chi connectivity index (χ1v) is 10.4. The molecule has 3 rings (SSSR count). The predicted octanol–water partition coefficient (Wildman–Crippen LogP) is 6.51. The van der Waals surface area contributed by atoms with E-state index in [1.165, 1.54) is 0 Å². The molecule has 0 aliphatic carbocycles. The molecule has 0 atom stereocenters. The van der Waals surface area contributed by atoms with E-state index in [1.54, 1.807) is 7.11 Å². The Morgan fingerprint density at radius 2 is 1.44 bits per heavy atom. The molecule has 0 radical (unpaired) electrons. The van der Waals surface area contributed by atoms with E-state index < -0.39 is 0 Å². The molecule has 3 aromatic rings. The van der Waals surface area contributed by atoms with Gasteiger partial charge in [0.25, 0.3) is 0 Å². The maximum absolute atomic E-state index is 6.00. The average molecular weight is 492 g/mol. The molecule has 0 heterocycles. The summed E-state index contributed by atoms with van der Waals surface area (Å²) in [5.74, 6) is 2.37. The highest BCUT2D eigenvalue weighted by molar-refractivity contribution is 9.10. The van der Waals surface area contributed by atoms with Crippen LogP contribution in [0.25, 0.3) is 0 Å². The van der Waals surface area contributed by atoms with E-state index in [-0.39, 0.29) is 0 Å². The molecule has 27 heavy (non-hydrogen) atoms. The first-order valence-electron chi connectivity index (χ1n) is 8.50. The van der Waals surface area contributed by atoms with Crippen LogP contribution in [0.15, 0.2) is 71.2 Å². The van der Waals surface area contributed by atoms with Crippen LogP contribution in [-0.2, 0) is 18.5 Å². The van der Waals surface area contributed by atoms with Crippen molar-refractivity contribution in [2.75, 3.05) is 7.11 Å². The molecule has 0 aliphatic rings. The van der Waals surface area contributed by atoms with E-state index >= 15 is 0 Å². The summed E-state index contributed by atoms with van der Waals surface area (Å²) in [5.41, 5.74) is 3.21. The summed E-state index contributed by atoms with van der Waals surface area (Å²) in [6.07, 6.45) is 0. The van der Waals surface area contributed by atoms with Crippen LogP contribution in [0.3, 0.4) is 0 Å². The van der Waals surface area contributed by atoms with Crippen molar-refractivity contribution in [2.24, 2.45) is 0 Å². The van der Waals surface area contributed by atoms with Crippen molar-refractivity contribution in [3.63, 3.8) is 0 Å². The quantitative estimate of drug-likeness (QED) is 0.336. The van der Waals surface area contributed by atoms with Crippen LogP contribution in [0, 0.1) is 0 Å². The van der Waals surface area contributed by atoms with Crippen molar-refractivity contribution >= 4 is 31.9 Å². The van der Waals surface area contributed by atoms with Gasteiger partial charge in [-0.25, -0.2) is 0 Å². The van der Waals surface area contributed by atoms with Gasteiger partial charge in [-0.3, -0.25) is 0 Å². The maximum Gasteiger partial charge on any atom is 0.125 e. The van der Waals surface area contributed by atoms with Crippen LogP contribution in [0.2, 0.25) is 0 Å². The summed E-state index contributed by atoms with van der Waals surface area (Å²) in [4.78, 5) is 0. The third-order valence-electron chi connectivity index (χ3n) is 4.00. The van der Waals surface area contributed by atoms with Crippen molar-refractivity contribution in [3.05, 3.63) is 87.9 Å². The molecule has 0 saturated carbocycles. The number of methoxy groups -OCH3 is 1. The second kappa shape index (κ2) is 9.81. The number of para-hydroxylation sites is 1. The number of ether oxygens (including phenoxy) is 3. The van der Waals surface area contributed by atoms with Crippen LogP contribution in [0.5, 0.6) is 17.2 Å². The SMILES string of the molecule is COc1ccccc1COc1cc(CBr)cc(OCc2ccc(Br)cc2)c1. The largest absolute Gasteiger partial charge is 0.496 e. The Balaban J connectivity index is 1.70. The van der Waals surface area contributed by atoms with Crippen LogP contribution >= 0.6 is 31.9 Å². The normalized spacial score (nSPS) is 10.5. The zero-order valence-electron chi connectivity index (χ0n) is 15.0. The van der Waals surface area contributed by atoms with Gasteiger partial charge in [-0.15, -0.1) is 0 Å². The Morgan fingerprint density at radius 1 is 0.778 bits per heavy atom. The van der Waals surface area contributed by atoms with Crippen molar-refractivity contribution in [1.29, 1.82) is 0 Å². The molecule has 0 spiro atoms.